The highest BCUT2D eigenvalue weighted by molar-refractivity contribution is 5.38. The molecule has 2 saturated carbocycles. The zero-order valence-electron chi connectivity index (χ0n) is 12.5. The Balaban J connectivity index is 2.10. The Morgan fingerprint density at radius 3 is 2.12 bits per heavy atom. The largest absolute Gasteiger partial charge is 0.0992 e. The molecule has 0 aliphatic heterocycles. The Kier molecular flexibility index (Phi) is 3.21. The van der Waals surface area contributed by atoms with Gasteiger partial charge in [0.15, 0.2) is 0 Å². The molecule has 2 fully saturated rings. The van der Waals surface area contributed by atoms with E-state index in [-0.39, 0.29) is 0 Å². The molecule has 0 amide bonds. The zero-order chi connectivity index (χ0) is 12.8. The molecule has 17 heavy (non-hydrogen) atoms. The Morgan fingerprint density at radius 1 is 1.29 bits per heavy atom. The van der Waals surface area contributed by atoms with Crippen LogP contribution in [0.3, 0.4) is 0 Å². The lowest BCUT2D eigenvalue weighted by Crippen LogP contribution is -2.24. The lowest BCUT2D eigenvalue weighted by molar-refractivity contribution is 0.184. The van der Waals surface area contributed by atoms with Gasteiger partial charge in [-0.05, 0) is 48.9 Å². The van der Waals surface area contributed by atoms with E-state index in [1.807, 2.05) is 0 Å². The van der Waals surface area contributed by atoms with Crippen molar-refractivity contribution in [3.8, 4) is 0 Å². The molecule has 0 N–H and O–H groups in total. The van der Waals surface area contributed by atoms with Gasteiger partial charge in [0.05, 0.1) is 0 Å². The summed E-state index contributed by atoms with van der Waals surface area (Å²) in [5.41, 5.74) is 2.75. The predicted octanol–water partition coefficient (Wildman–Crippen LogP) is 5.44. The average molecular weight is 234 g/mol. The summed E-state index contributed by atoms with van der Waals surface area (Å²) in [6.45, 7) is 16.4. The minimum absolute atomic E-state index is 0.550. The van der Waals surface area contributed by atoms with E-state index in [1.165, 1.54) is 32.1 Å². The molecule has 0 spiro atoms. The monoisotopic (exact) mass is 234 g/mol. The van der Waals surface area contributed by atoms with Gasteiger partial charge in [0.25, 0.3) is 0 Å². The van der Waals surface area contributed by atoms with Crippen LogP contribution in [0.5, 0.6) is 0 Å². The Bertz CT molecular complexity index is 316. The van der Waals surface area contributed by atoms with Crippen LogP contribution < -0.4 is 0 Å². The fraction of sp³-hybridized carbons (Fsp3) is 0.882. The second kappa shape index (κ2) is 4.14. The van der Waals surface area contributed by atoms with E-state index < -0.39 is 0 Å². The van der Waals surface area contributed by atoms with Gasteiger partial charge in [0.1, 0.15) is 0 Å². The molecule has 0 radical (unpaired) electrons. The molecule has 0 aromatic carbocycles. The highest BCUT2D eigenvalue weighted by atomic mass is 14.7. The number of hydrogen-bond donors (Lipinski definition) is 0. The third-order valence-electron chi connectivity index (χ3n) is 6.38. The molecule has 2 rings (SSSR count). The molecular formula is C17H30. The Hall–Kier alpha value is -0.260. The van der Waals surface area contributed by atoms with E-state index in [4.69, 9.17) is 0 Å². The van der Waals surface area contributed by atoms with Crippen LogP contribution in [-0.4, -0.2) is 0 Å². The van der Waals surface area contributed by atoms with E-state index in [1.54, 1.807) is 5.57 Å². The number of allylic oxidation sites excluding steroid dienone is 1. The fourth-order valence-electron chi connectivity index (χ4n) is 4.39. The van der Waals surface area contributed by atoms with Crippen molar-refractivity contribution in [1.82, 2.24) is 0 Å². The molecule has 0 nitrogen and oxygen atoms in total. The second-order valence-electron chi connectivity index (χ2n) is 7.04. The number of hydrogen-bond acceptors (Lipinski definition) is 0. The molecule has 2 aliphatic carbocycles. The summed E-state index contributed by atoms with van der Waals surface area (Å²) in [5, 5.41) is 0. The van der Waals surface area contributed by atoms with Gasteiger partial charge in [-0.1, -0.05) is 53.2 Å². The van der Waals surface area contributed by atoms with Crippen molar-refractivity contribution in [3.05, 3.63) is 12.2 Å². The van der Waals surface area contributed by atoms with Gasteiger partial charge in [-0.2, -0.15) is 0 Å². The van der Waals surface area contributed by atoms with Crippen molar-refractivity contribution < 1.29 is 0 Å². The zero-order valence-corrected chi connectivity index (χ0v) is 12.5. The minimum Gasteiger partial charge on any atom is -0.0992 e. The van der Waals surface area contributed by atoms with Gasteiger partial charge in [-0.15, -0.1) is 0 Å². The minimum atomic E-state index is 0.550. The van der Waals surface area contributed by atoms with Crippen molar-refractivity contribution in [2.75, 3.05) is 0 Å². The summed E-state index contributed by atoms with van der Waals surface area (Å²) in [4.78, 5) is 0. The van der Waals surface area contributed by atoms with Gasteiger partial charge >= 0.3 is 0 Å². The summed E-state index contributed by atoms with van der Waals surface area (Å²) in [6.07, 6.45) is 6.87. The summed E-state index contributed by atoms with van der Waals surface area (Å²) in [5.74, 6) is 2.69. The third kappa shape index (κ3) is 1.79. The van der Waals surface area contributed by atoms with Crippen molar-refractivity contribution in [2.45, 2.75) is 66.7 Å². The normalized spacial score (nSPS) is 43.4. The molecule has 0 aromatic heterocycles. The SMILES string of the molecule is C=C1CC1(CC)C1(CC(C)C(C)CC)CC1C. The van der Waals surface area contributed by atoms with Gasteiger partial charge in [0, 0.05) is 5.41 Å². The van der Waals surface area contributed by atoms with Crippen LogP contribution in [0.2, 0.25) is 0 Å². The molecule has 2 aliphatic rings. The molecule has 0 bridgehead atoms. The standard InChI is InChI=1S/C17H30/c1-7-12(3)13(4)9-17(11-15(17)6)16(8-2)10-14(16)5/h12-13,15H,5,7-11H2,1-4,6H3. The Morgan fingerprint density at radius 2 is 1.82 bits per heavy atom. The first-order valence-corrected chi connectivity index (χ1v) is 7.61. The van der Waals surface area contributed by atoms with E-state index in [9.17, 15) is 0 Å². The van der Waals surface area contributed by atoms with Crippen LogP contribution in [0.15, 0.2) is 12.2 Å². The van der Waals surface area contributed by atoms with Crippen LogP contribution in [0.1, 0.15) is 66.7 Å². The number of rotatable bonds is 6. The maximum absolute atomic E-state index is 4.30. The van der Waals surface area contributed by atoms with Gasteiger partial charge in [-0.25, -0.2) is 0 Å². The van der Waals surface area contributed by atoms with Crippen LogP contribution >= 0.6 is 0 Å². The van der Waals surface area contributed by atoms with E-state index in [0.717, 1.165) is 17.8 Å². The highest BCUT2D eigenvalue weighted by Gasteiger charge is 2.70. The fourth-order valence-corrected chi connectivity index (χ4v) is 4.39. The highest BCUT2D eigenvalue weighted by Crippen LogP contribution is 2.78. The summed E-state index contributed by atoms with van der Waals surface area (Å²) < 4.78 is 0. The maximum atomic E-state index is 4.30. The van der Waals surface area contributed by atoms with E-state index in [2.05, 4.69) is 41.2 Å². The average Bonchev–Trinajstić information content (AvgIpc) is 3.16. The summed E-state index contributed by atoms with van der Waals surface area (Å²) >= 11 is 0. The molecule has 5 unspecified atom stereocenters. The molecule has 0 heterocycles. The van der Waals surface area contributed by atoms with Crippen molar-refractivity contribution >= 4 is 0 Å². The second-order valence-corrected chi connectivity index (χ2v) is 7.04. The van der Waals surface area contributed by atoms with Crippen molar-refractivity contribution in [1.29, 1.82) is 0 Å². The van der Waals surface area contributed by atoms with Crippen LogP contribution in [0.4, 0.5) is 0 Å². The smallest absolute Gasteiger partial charge is 0.000326 e. The first kappa shape index (κ1) is 13.2. The lowest BCUT2D eigenvalue weighted by atomic mass is 9.72. The molecule has 0 heteroatoms. The first-order valence-electron chi connectivity index (χ1n) is 7.61. The van der Waals surface area contributed by atoms with E-state index >= 15 is 0 Å². The Labute approximate surface area is 108 Å². The van der Waals surface area contributed by atoms with Crippen molar-refractivity contribution in [3.63, 3.8) is 0 Å². The summed E-state index contributed by atoms with van der Waals surface area (Å²) in [7, 11) is 0. The van der Waals surface area contributed by atoms with Gasteiger partial charge < -0.3 is 0 Å². The third-order valence-corrected chi connectivity index (χ3v) is 6.38. The van der Waals surface area contributed by atoms with Crippen molar-refractivity contribution in [2.24, 2.45) is 28.6 Å². The van der Waals surface area contributed by atoms with E-state index in [0.29, 0.717) is 10.8 Å². The molecule has 98 valence electrons. The summed E-state index contributed by atoms with van der Waals surface area (Å²) in [6, 6.07) is 0. The molecule has 0 saturated heterocycles. The van der Waals surface area contributed by atoms with Gasteiger partial charge in [-0.3, -0.25) is 0 Å². The maximum Gasteiger partial charge on any atom is 0.000326 e. The topological polar surface area (TPSA) is 0 Å². The van der Waals surface area contributed by atoms with Crippen LogP contribution in [0.25, 0.3) is 0 Å². The molecule has 0 aromatic rings. The molecule has 5 atom stereocenters. The van der Waals surface area contributed by atoms with Crippen LogP contribution in [0, 0.1) is 28.6 Å². The van der Waals surface area contributed by atoms with Crippen LogP contribution in [-0.2, 0) is 0 Å². The lowest BCUT2D eigenvalue weighted by Gasteiger charge is -2.32. The van der Waals surface area contributed by atoms with Gasteiger partial charge in [0.2, 0.25) is 0 Å². The quantitative estimate of drug-likeness (QED) is 0.537. The molecular weight excluding hydrogens is 204 g/mol. The first-order chi connectivity index (χ1) is 7.93. The predicted molar refractivity (Wildman–Crippen MR) is 75.9 cm³/mol.